The van der Waals surface area contributed by atoms with Crippen molar-refractivity contribution in [1.29, 1.82) is 0 Å². The van der Waals surface area contributed by atoms with E-state index in [4.69, 9.17) is 0 Å². The van der Waals surface area contributed by atoms with Crippen LogP contribution in [0.5, 0.6) is 0 Å². The predicted molar refractivity (Wildman–Crippen MR) is 79.1 cm³/mol. The Labute approximate surface area is 116 Å². The number of hydrogen-bond donors (Lipinski definition) is 1. The molecule has 1 aromatic rings. The number of nitrogens with one attached hydrogen (secondary N) is 1. The minimum Gasteiger partial charge on any atom is -0.310 e. The van der Waals surface area contributed by atoms with Gasteiger partial charge in [-0.2, -0.15) is 0 Å². The largest absolute Gasteiger partial charge is 0.310 e. The molecular formula is C15H26N4. The highest BCUT2D eigenvalue weighted by Crippen LogP contribution is 2.07. The quantitative estimate of drug-likeness (QED) is 0.781. The fourth-order valence-electron chi connectivity index (χ4n) is 2.70. The van der Waals surface area contributed by atoms with E-state index in [1.165, 1.54) is 26.2 Å². The average Bonchev–Trinajstić information content (AvgIpc) is 2.45. The van der Waals surface area contributed by atoms with Crippen LogP contribution in [0.15, 0.2) is 24.4 Å². The zero-order valence-electron chi connectivity index (χ0n) is 12.2. The van der Waals surface area contributed by atoms with Gasteiger partial charge in [0.15, 0.2) is 0 Å². The molecule has 1 atom stereocenters. The van der Waals surface area contributed by atoms with Gasteiger partial charge in [-0.1, -0.05) is 13.0 Å². The topological polar surface area (TPSA) is 31.4 Å². The van der Waals surface area contributed by atoms with E-state index < -0.39 is 0 Å². The second-order valence-corrected chi connectivity index (χ2v) is 5.28. The number of nitrogens with zero attached hydrogens (tertiary/aromatic N) is 3. The van der Waals surface area contributed by atoms with Crippen LogP contribution in [0.2, 0.25) is 0 Å². The van der Waals surface area contributed by atoms with Crippen molar-refractivity contribution >= 4 is 0 Å². The van der Waals surface area contributed by atoms with E-state index in [0.717, 1.165) is 25.3 Å². The predicted octanol–water partition coefficient (Wildman–Crippen LogP) is 1.20. The van der Waals surface area contributed by atoms with Crippen LogP contribution in [-0.4, -0.2) is 60.1 Å². The molecule has 0 spiro atoms. The zero-order chi connectivity index (χ0) is 13.5. The summed E-state index contributed by atoms with van der Waals surface area (Å²) in [6.45, 7) is 12.4. The summed E-state index contributed by atoms with van der Waals surface area (Å²) in [7, 11) is 0. The molecule has 2 rings (SSSR count). The molecule has 1 aromatic heterocycles. The van der Waals surface area contributed by atoms with Crippen LogP contribution in [0.3, 0.4) is 0 Å². The molecular weight excluding hydrogens is 236 g/mol. The van der Waals surface area contributed by atoms with E-state index in [9.17, 15) is 0 Å². The molecule has 4 nitrogen and oxygen atoms in total. The van der Waals surface area contributed by atoms with Gasteiger partial charge in [-0.25, -0.2) is 0 Å². The molecule has 0 amide bonds. The lowest BCUT2D eigenvalue weighted by Gasteiger charge is -2.39. The van der Waals surface area contributed by atoms with Crippen molar-refractivity contribution < 1.29 is 0 Å². The highest BCUT2D eigenvalue weighted by molar-refractivity contribution is 5.02. The summed E-state index contributed by atoms with van der Waals surface area (Å²) < 4.78 is 0. The molecule has 1 unspecified atom stereocenters. The molecule has 1 aliphatic rings. The highest BCUT2D eigenvalue weighted by Gasteiger charge is 2.21. The number of likely N-dealkylation sites (N-methyl/N-ethyl adjacent to an activating group) is 1. The van der Waals surface area contributed by atoms with E-state index in [0.29, 0.717) is 6.04 Å². The SMILES string of the molecule is CCN1CCN(CCNCc2ccccn2)CC1C. The van der Waals surface area contributed by atoms with Crippen molar-refractivity contribution in [3.05, 3.63) is 30.1 Å². The van der Waals surface area contributed by atoms with Gasteiger partial charge >= 0.3 is 0 Å². The molecule has 0 aromatic carbocycles. The third-order valence-electron chi connectivity index (χ3n) is 3.89. The lowest BCUT2D eigenvalue weighted by Crippen LogP contribution is -2.52. The summed E-state index contributed by atoms with van der Waals surface area (Å²) >= 11 is 0. The Morgan fingerprint density at radius 3 is 2.95 bits per heavy atom. The first-order valence-electron chi connectivity index (χ1n) is 7.36. The summed E-state index contributed by atoms with van der Waals surface area (Å²) in [6.07, 6.45) is 1.85. The zero-order valence-corrected chi connectivity index (χ0v) is 12.2. The Morgan fingerprint density at radius 2 is 2.26 bits per heavy atom. The maximum Gasteiger partial charge on any atom is 0.0541 e. The van der Waals surface area contributed by atoms with Crippen molar-refractivity contribution in [2.75, 3.05) is 39.3 Å². The van der Waals surface area contributed by atoms with Gasteiger partial charge in [-0.3, -0.25) is 14.8 Å². The number of aromatic nitrogens is 1. The molecule has 1 fully saturated rings. The molecule has 106 valence electrons. The van der Waals surface area contributed by atoms with Gasteiger partial charge in [0.2, 0.25) is 0 Å². The molecule has 2 heterocycles. The highest BCUT2D eigenvalue weighted by atomic mass is 15.3. The van der Waals surface area contributed by atoms with Crippen molar-refractivity contribution in [2.45, 2.75) is 26.4 Å². The number of rotatable bonds is 6. The molecule has 0 bridgehead atoms. The number of pyridine rings is 1. The normalized spacial score (nSPS) is 21.7. The summed E-state index contributed by atoms with van der Waals surface area (Å²) in [5.41, 5.74) is 1.12. The van der Waals surface area contributed by atoms with Crippen LogP contribution in [0.1, 0.15) is 19.5 Å². The Hall–Kier alpha value is -0.970. The van der Waals surface area contributed by atoms with E-state index in [1.807, 2.05) is 18.3 Å². The Bertz CT molecular complexity index is 354. The lowest BCUT2D eigenvalue weighted by molar-refractivity contribution is 0.0887. The maximum atomic E-state index is 4.31. The second-order valence-electron chi connectivity index (χ2n) is 5.28. The summed E-state index contributed by atoms with van der Waals surface area (Å²) in [6, 6.07) is 6.75. The first kappa shape index (κ1) is 14.4. The summed E-state index contributed by atoms with van der Waals surface area (Å²) in [5.74, 6) is 0. The van der Waals surface area contributed by atoms with Crippen molar-refractivity contribution in [3.63, 3.8) is 0 Å². The molecule has 0 radical (unpaired) electrons. The van der Waals surface area contributed by atoms with E-state index in [-0.39, 0.29) is 0 Å². The standard InChI is InChI=1S/C15H26N4/c1-3-19-11-10-18(13-14(19)2)9-8-16-12-15-6-4-5-7-17-15/h4-7,14,16H,3,8-13H2,1-2H3. The molecule has 1 aliphatic heterocycles. The Balaban J connectivity index is 1.61. The minimum absolute atomic E-state index is 0.689. The maximum absolute atomic E-state index is 4.31. The van der Waals surface area contributed by atoms with Crippen LogP contribution in [-0.2, 0) is 6.54 Å². The van der Waals surface area contributed by atoms with Crippen LogP contribution >= 0.6 is 0 Å². The monoisotopic (exact) mass is 262 g/mol. The summed E-state index contributed by atoms with van der Waals surface area (Å²) in [5, 5.41) is 3.47. The van der Waals surface area contributed by atoms with Crippen molar-refractivity contribution in [3.8, 4) is 0 Å². The van der Waals surface area contributed by atoms with Crippen molar-refractivity contribution in [2.24, 2.45) is 0 Å². The molecule has 4 heteroatoms. The van der Waals surface area contributed by atoms with E-state index in [2.05, 4.69) is 40.0 Å². The molecule has 0 aliphatic carbocycles. The van der Waals surface area contributed by atoms with Crippen LogP contribution < -0.4 is 5.32 Å². The molecule has 1 N–H and O–H groups in total. The third-order valence-corrected chi connectivity index (χ3v) is 3.89. The van der Waals surface area contributed by atoms with Gasteiger partial charge in [0, 0.05) is 51.5 Å². The smallest absolute Gasteiger partial charge is 0.0541 e. The first-order chi connectivity index (χ1) is 9.29. The van der Waals surface area contributed by atoms with Crippen molar-refractivity contribution in [1.82, 2.24) is 20.1 Å². The third kappa shape index (κ3) is 4.56. The van der Waals surface area contributed by atoms with E-state index >= 15 is 0 Å². The van der Waals surface area contributed by atoms with Crippen LogP contribution in [0.25, 0.3) is 0 Å². The molecule has 19 heavy (non-hydrogen) atoms. The Morgan fingerprint density at radius 1 is 1.37 bits per heavy atom. The molecule has 1 saturated heterocycles. The second kappa shape index (κ2) is 7.58. The lowest BCUT2D eigenvalue weighted by atomic mass is 10.2. The number of piperazine rings is 1. The fraction of sp³-hybridized carbons (Fsp3) is 0.667. The van der Waals surface area contributed by atoms with Gasteiger partial charge in [0.1, 0.15) is 0 Å². The summed E-state index contributed by atoms with van der Waals surface area (Å²) in [4.78, 5) is 9.42. The van der Waals surface area contributed by atoms with Gasteiger partial charge in [0.25, 0.3) is 0 Å². The molecule has 0 saturated carbocycles. The van der Waals surface area contributed by atoms with Gasteiger partial charge in [-0.15, -0.1) is 0 Å². The van der Waals surface area contributed by atoms with Gasteiger partial charge < -0.3 is 5.32 Å². The Kier molecular flexibility index (Phi) is 5.76. The van der Waals surface area contributed by atoms with Gasteiger partial charge in [0.05, 0.1) is 5.69 Å². The van der Waals surface area contributed by atoms with E-state index in [1.54, 1.807) is 0 Å². The van der Waals surface area contributed by atoms with Gasteiger partial charge in [-0.05, 0) is 25.6 Å². The minimum atomic E-state index is 0.689. The number of hydrogen-bond acceptors (Lipinski definition) is 4. The van der Waals surface area contributed by atoms with Crippen LogP contribution in [0.4, 0.5) is 0 Å². The average molecular weight is 262 g/mol. The van der Waals surface area contributed by atoms with Crippen LogP contribution in [0, 0.1) is 0 Å². The first-order valence-corrected chi connectivity index (χ1v) is 7.36. The fourth-order valence-corrected chi connectivity index (χ4v) is 2.70.